The molecule has 13 heteroatoms. The van der Waals surface area contributed by atoms with E-state index in [0.29, 0.717) is 30.9 Å². The van der Waals surface area contributed by atoms with E-state index in [0.717, 1.165) is 59.8 Å². The smallest absolute Gasteiger partial charge is 0.407 e. The zero-order valence-corrected chi connectivity index (χ0v) is 30.0. The van der Waals surface area contributed by atoms with E-state index in [1.54, 1.807) is 16.8 Å². The number of carbonyl (C=O) groups is 4. The van der Waals surface area contributed by atoms with Crippen molar-refractivity contribution in [2.24, 2.45) is 5.92 Å². The summed E-state index contributed by atoms with van der Waals surface area (Å²) in [6.45, 7) is 7.16. The van der Waals surface area contributed by atoms with Crippen molar-refractivity contribution < 1.29 is 23.9 Å². The second-order valence-electron chi connectivity index (χ2n) is 13.4. The molecule has 13 nitrogen and oxygen atoms in total. The number of hydrogen-bond donors (Lipinski definition) is 4. The summed E-state index contributed by atoms with van der Waals surface area (Å²) in [5.41, 5.74) is 6.04. The molecule has 0 aliphatic carbocycles. The molecule has 3 heterocycles. The Hall–Kier alpha value is -5.85. The quantitative estimate of drug-likeness (QED) is 0.179. The molecule has 0 saturated carbocycles. The second-order valence-corrected chi connectivity index (χ2v) is 13.4. The molecule has 2 aliphatic rings. The van der Waals surface area contributed by atoms with Crippen molar-refractivity contribution in [2.75, 3.05) is 57.1 Å². The van der Waals surface area contributed by atoms with Gasteiger partial charge in [0.25, 0.3) is 5.91 Å². The minimum absolute atomic E-state index is 0.0600. The number of hydrogen-bond acceptors (Lipinski definition) is 7. The van der Waals surface area contributed by atoms with Gasteiger partial charge in [0.1, 0.15) is 11.9 Å². The minimum atomic E-state index is -0.686. The third-order valence-electron chi connectivity index (χ3n) is 9.77. The van der Waals surface area contributed by atoms with E-state index >= 15 is 0 Å². The van der Waals surface area contributed by atoms with Gasteiger partial charge in [-0.3, -0.25) is 9.59 Å². The number of nitrogens with one attached hydrogen (secondary N) is 4. The number of alkyl carbamates (subject to hydrolysis) is 1. The van der Waals surface area contributed by atoms with Gasteiger partial charge in [-0.2, -0.15) is 0 Å². The molecule has 2 aliphatic heterocycles. The number of methoxy groups -OCH3 is 1. The lowest BCUT2D eigenvalue weighted by molar-refractivity contribution is -0.135. The molecule has 2 fully saturated rings. The average Bonchev–Trinajstić information content (AvgIpc) is 3.87. The molecule has 2 saturated heterocycles. The summed E-state index contributed by atoms with van der Waals surface area (Å²) in [6, 6.07) is 22.4. The third-order valence-corrected chi connectivity index (χ3v) is 9.77. The first-order valence-corrected chi connectivity index (χ1v) is 17.7. The van der Waals surface area contributed by atoms with Crippen molar-refractivity contribution >= 4 is 35.3 Å². The van der Waals surface area contributed by atoms with Crippen molar-refractivity contribution in [3.8, 4) is 22.4 Å². The van der Waals surface area contributed by atoms with E-state index < -0.39 is 12.1 Å². The van der Waals surface area contributed by atoms with Crippen molar-refractivity contribution in [3.63, 3.8) is 0 Å². The number of rotatable bonds is 9. The van der Waals surface area contributed by atoms with Crippen LogP contribution in [0.5, 0.6) is 0 Å². The van der Waals surface area contributed by atoms with Gasteiger partial charge in [-0.05, 0) is 66.3 Å². The number of benzene rings is 3. The van der Waals surface area contributed by atoms with Crippen LogP contribution in [-0.4, -0.2) is 96.6 Å². The van der Waals surface area contributed by atoms with Crippen LogP contribution < -0.4 is 20.9 Å². The Balaban J connectivity index is 1.04. The predicted octanol–water partition coefficient (Wildman–Crippen LogP) is 5.50. The molecule has 4 aromatic rings. The highest BCUT2D eigenvalue weighted by atomic mass is 16.5. The fourth-order valence-corrected chi connectivity index (χ4v) is 6.78. The summed E-state index contributed by atoms with van der Waals surface area (Å²) in [5.74, 6) is 0.288. The number of aromatic amines is 1. The maximum absolute atomic E-state index is 13.5. The molecule has 2 atom stereocenters. The van der Waals surface area contributed by atoms with Crippen molar-refractivity contribution in [1.82, 2.24) is 30.4 Å². The Morgan fingerprint density at radius 3 is 2.10 bits per heavy atom. The van der Waals surface area contributed by atoms with E-state index in [9.17, 15) is 19.2 Å². The zero-order chi connectivity index (χ0) is 36.8. The number of imidazole rings is 1. The number of nitrogens with zero attached hydrogens (tertiary/aromatic N) is 4. The highest BCUT2D eigenvalue weighted by molar-refractivity contribution is 6.04. The summed E-state index contributed by atoms with van der Waals surface area (Å²) in [5, 5.41) is 8.34. The van der Waals surface area contributed by atoms with Crippen LogP contribution in [0.3, 0.4) is 0 Å². The lowest BCUT2D eigenvalue weighted by atomic mass is 10.0. The molecule has 1 aromatic heterocycles. The normalized spacial score (nSPS) is 16.4. The van der Waals surface area contributed by atoms with Crippen LogP contribution in [0.4, 0.5) is 21.0 Å². The molecule has 0 bridgehead atoms. The Morgan fingerprint density at radius 1 is 0.846 bits per heavy atom. The largest absolute Gasteiger partial charge is 0.453 e. The van der Waals surface area contributed by atoms with Crippen LogP contribution in [0.25, 0.3) is 22.4 Å². The molecular formula is C39H46N8O5. The van der Waals surface area contributed by atoms with Crippen LogP contribution in [0.15, 0.2) is 79.0 Å². The Kier molecular flexibility index (Phi) is 11.1. The van der Waals surface area contributed by atoms with Crippen LogP contribution in [0, 0.1) is 5.92 Å². The SMILES string of the molecule is CNC(=O)N1CCN(c2ccc(C(=O)Nc3ccc(-c4ccc(-c5c[nH]c(C6CCCN6C(=O)[C@@H](NC(=O)OC)C(C)C)n5)cc4)cc3)cc2)CC1. The Labute approximate surface area is 303 Å². The first-order valence-electron chi connectivity index (χ1n) is 17.7. The summed E-state index contributed by atoms with van der Waals surface area (Å²) < 4.78 is 4.74. The number of urea groups is 1. The number of carbonyl (C=O) groups excluding carboxylic acids is 4. The van der Waals surface area contributed by atoms with Gasteiger partial charge in [0.05, 0.1) is 18.8 Å². The average molecular weight is 707 g/mol. The van der Waals surface area contributed by atoms with Gasteiger partial charge < -0.3 is 40.4 Å². The van der Waals surface area contributed by atoms with Gasteiger partial charge in [0.15, 0.2) is 0 Å². The first kappa shape index (κ1) is 36.0. The van der Waals surface area contributed by atoms with Crippen LogP contribution in [0.1, 0.15) is 48.9 Å². The maximum Gasteiger partial charge on any atom is 0.407 e. The van der Waals surface area contributed by atoms with Crippen LogP contribution in [-0.2, 0) is 9.53 Å². The maximum atomic E-state index is 13.5. The van der Waals surface area contributed by atoms with E-state index in [4.69, 9.17) is 9.72 Å². The number of ether oxygens (including phenoxy) is 1. The van der Waals surface area contributed by atoms with Crippen LogP contribution >= 0.6 is 0 Å². The standard InChI is InChI=1S/C39H46N8O5/c1-25(2)34(44-39(51)52-4)37(49)47-19-5-6-33(47)35-41-24-32(43-35)28-9-7-26(8-10-28)27-11-15-30(16-12-27)42-36(48)29-13-17-31(18-14-29)45-20-22-46(23-21-45)38(50)40-3/h7-18,24-25,33-34H,5-6,19-23H2,1-4H3,(H,40,50)(H,41,43)(H,42,48)(H,44,51)/t33?,34-/m0/s1. The molecule has 0 spiro atoms. The number of H-pyrrole nitrogens is 1. The topological polar surface area (TPSA) is 152 Å². The van der Waals surface area contributed by atoms with Gasteiger partial charge in [0, 0.05) is 68.5 Å². The molecule has 3 aromatic carbocycles. The Bertz CT molecular complexity index is 1870. The van der Waals surface area contributed by atoms with Gasteiger partial charge in [0.2, 0.25) is 5.91 Å². The Morgan fingerprint density at radius 2 is 1.48 bits per heavy atom. The third kappa shape index (κ3) is 8.03. The highest BCUT2D eigenvalue weighted by Crippen LogP contribution is 2.33. The fraction of sp³-hybridized carbons (Fsp3) is 0.359. The number of piperazine rings is 1. The molecule has 5 amide bonds. The number of likely N-dealkylation sites (tertiary alicyclic amines) is 1. The molecule has 6 rings (SSSR count). The minimum Gasteiger partial charge on any atom is -0.453 e. The summed E-state index contributed by atoms with van der Waals surface area (Å²) in [4.78, 5) is 64.2. The summed E-state index contributed by atoms with van der Waals surface area (Å²) in [7, 11) is 2.93. The molecule has 1 unspecified atom stereocenters. The first-order chi connectivity index (χ1) is 25.1. The summed E-state index contributed by atoms with van der Waals surface area (Å²) >= 11 is 0. The van der Waals surface area contributed by atoms with E-state index in [1.165, 1.54) is 7.11 Å². The van der Waals surface area contributed by atoms with Crippen molar-refractivity contribution in [3.05, 3.63) is 90.4 Å². The van der Waals surface area contributed by atoms with E-state index in [1.807, 2.05) is 92.8 Å². The molecule has 0 radical (unpaired) electrons. The van der Waals surface area contributed by atoms with E-state index in [-0.39, 0.29) is 29.8 Å². The van der Waals surface area contributed by atoms with Crippen molar-refractivity contribution in [2.45, 2.75) is 38.8 Å². The second kappa shape index (κ2) is 16.0. The highest BCUT2D eigenvalue weighted by Gasteiger charge is 2.37. The van der Waals surface area contributed by atoms with Gasteiger partial charge in [-0.1, -0.05) is 50.2 Å². The van der Waals surface area contributed by atoms with Crippen LogP contribution in [0.2, 0.25) is 0 Å². The molecule has 4 N–H and O–H groups in total. The van der Waals surface area contributed by atoms with Gasteiger partial charge in [-0.25, -0.2) is 14.6 Å². The summed E-state index contributed by atoms with van der Waals surface area (Å²) in [6.07, 6.45) is 2.86. The monoisotopic (exact) mass is 706 g/mol. The number of anilines is 2. The van der Waals surface area contributed by atoms with Gasteiger partial charge >= 0.3 is 12.1 Å². The molecule has 52 heavy (non-hydrogen) atoms. The molecular weight excluding hydrogens is 660 g/mol. The van der Waals surface area contributed by atoms with Crippen molar-refractivity contribution in [1.29, 1.82) is 0 Å². The lowest BCUT2D eigenvalue weighted by Crippen LogP contribution is -2.51. The van der Waals surface area contributed by atoms with Gasteiger partial charge in [-0.15, -0.1) is 0 Å². The lowest BCUT2D eigenvalue weighted by Gasteiger charge is -2.35. The predicted molar refractivity (Wildman–Crippen MR) is 200 cm³/mol. The number of aromatic nitrogens is 2. The zero-order valence-electron chi connectivity index (χ0n) is 30.0. The fourth-order valence-electron chi connectivity index (χ4n) is 6.78. The molecule has 272 valence electrons. The number of amides is 5. The van der Waals surface area contributed by atoms with E-state index in [2.05, 4.69) is 25.8 Å².